The van der Waals surface area contributed by atoms with Gasteiger partial charge in [-0.15, -0.1) is 10.2 Å². The van der Waals surface area contributed by atoms with Gasteiger partial charge >= 0.3 is 0 Å². The van der Waals surface area contributed by atoms with Gasteiger partial charge in [0.25, 0.3) is 5.91 Å². The van der Waals surface area contributed by atoms with Crippen molar-refractivity contribution in [2.24, 2.45) is 0 Å². The summed E-state index contributed by atoms with van der Waals surface area (Å²) < 4.78 is 12.9. The minimum absolute atomic E-state index is 0.311. The number of nitrogens with one attached hydrogen (secondary N) is 1. The van der Waals surface area contributed by atoms with Crippen molar-refractivity contribution < 1.29 is 9.18 Å². The Morgan fingerprint density at radius 2 is 1.83 bits per heavy atom. The molecular weight excluding hydrogens is 297 g/mol. The second kappa shape index (κ2) is 6.35. The third-order valence-electron chi connectivity index (χ3n) is 3.30. The molecule has 0 saturated carbocycles. The summed E-state index contributed by atoms with van der Waals surface area (Å²) in [7, 11) is 0. The first-order valence-electron chi connectivity index (χ1n) is 7.05. The summed E-state index contributed by atoms with van der Waals surface area (Å²) in [5.41, 5.74) is 1.33. The van der Waals surface area contributed by atoms with Crippen LogP contribution in [0.2, 0.25) is 0 Å². The van der Waals surface area contributed by atoms with Crippen molar-refractivity contribution in [2.75, 3.05) is 5.32 Å². The van der Waals surface area contributed by atoms with Gasteiger partial charge in [-0.2, -0.15) is 4.80 Å². The zero-order valence-electron chi connectivity index (χ0n) is 12.3. The molecule has 0 bridgehead atoms. The summed E-state index contributed by atoms with van der Waals surface area (Å²) >= 11 is 0. The highest BCUT2D eigenvalue weighted by molar-refractivity contribution is 5.93. The molecule has 0 fully saturated rings. The highest BCUT2D eigenvalue weighted by Crippen LogP contribution is 2.15. The number of aromatic nitrogens is 4. The molecule has 1 heterocycles. The molecule has 1 N–H and O–H groups in total. The van der Waals surface area contributed by atoms with E-state index in [1.807, 2.05) is 30.3 Å². The summed E-state index contributed by atoms with van der Waals surface area (Å²) in [6.45, 7) is 1.66. The highest BCUT2D eigenvalue weighted by atomic mass is 19.1. The Labute approximate surface area is 132 Å². The van der Waals surface area contributed by atoms with Crippen molar-refractivity contribution >= 4 is 11.6 Å². The molecule has 1 amide bonds. The summed E-state index contributed by atoms with van der Waals surface area (Å²) in [5.74, 6) is -0.220. The van der Waals surface area contributed by atoms with E-state index in [9.17, 15) is 9.18 Å². The van der Waals surface area contributed by atoms with Gasteiger partial charge in [0.15, 0.2) is 0 Å². The third-order valence-corrected chi connectivity index (χ3v) is 3.30. The first-order chi connectivity index (χ1) is 11.1. The predicted octanol–water partition coefficient (Wildman–Crippen LogP) is 2.68. The van der Waals surface area contributed by atoms with Crippen molar-refractivity contribution in [3.05, 3.63) is 60.4 Å². The Morgan fingerprint density at radius 1 is 1.13 bits per heavy atom. The van der Waals surface area contributed by atoms with Crippen LogP contribution >= 0.6 is 0 Å². The second-order valence-corrected chi connectivity index (χ2v) is 4.97. The summed E-state index contributed by atoms with van der Waals surface area (Å²) in [6.07, 6.45) is 0. The van der Waals surface area contributed by atoms with Crippen LogP contribution in [0.25, 0.3) is 11.4 Å². The molecule has 3 rings (SSSR count). The van der Waals surface area contributed by atoms with Gasteiger partial charge in [0.05, 0.1) is 0 Å². The van der Waals surface area contributed by atoms with Crippen LogP contribution in [-0.4, -0.2) is 26.1 Å². The molecule has 2 aromatic carbocycles. The van der Waals surface area contributed by atoms with Gasteiger partial charge in [-0.1, -0.05) is 30.3 Å². The van der Waals surface area contributed by atoms with Crippen molar-refractivity contribution in [2.45, 2.75) is 13.0 Å². The molecule has 0 saturated heterocycles. The quantitative estimate of drug-likeness (QED) is 0.804. The molecule has 3 aromatic rings. The Bertz CT molecular complexity index is 801. The zero-order valence-corrected chi connectivity index (χ0v) is 12.3. The molecule has 1 unspecified atom stereocenters. The van der Waals surface area contributed by atoms with Gasteiger partial charge < -0.3 is 5.32 Å². The number of nitrogens with zero attached hydrogens (tertiary/aromatic N) is 4. The van der Waals surface area contributed by atoms with Crippen LogP contribution in [0.5, 0.6) is 0 Å². The summed E-state index contributed by atoms with van der Waals surface area (Å²) in [6, 6.07) is 14.3. The number of anilines is 1. The van der Waals surface area contributed by atoms with E-state index in [1.165, 1.54) is 29.1 Å². The van der Waals surface area contributed by atoms with E-state index >= 15 is 0 Å². The van der Waals surface area contributed by atoms with Gasteiger partial charge in [-0.3, -0.25) is 4.79 Å². The molecule has 0 spiro atoms. The molecule has 7 heteroatoms. The molecule has 23 heavy (non-hydrogen) atoms. The van der Waals surface area contributed by atoms with Crippen molar-refractivity contribution in [1.82, 2.24) is 20.2 Å². The lowest BCUT2D eigenvalue weighted by molar-refractivity contribution is -0.119. The largest absolute Gasteiger partial charge is 0.324 e. The average molecular weight is 311 g/mol. The van der Waals surface area contributed by atoms with Crippen LogP contribution in [0, 0.1) is 5.82 Å². The number of tetrazole rings is 1. The van der Waals surface area contributed by atoms with E-state index in [2.05, 4.69) is 20.7 Å². The van der Waals surface area contributed by atoms with Crippen LogP contribution < -0.4 is 5.32 Å². The molecule has 6 nitrogen and oxygen atoms in total. The van der Waals surface area contributed by atoms with E-state index in [0.717, 1.165) is 5.56 Å². The predicted molar refractivity (Wildman–Crippen MR) is 83.0 cm³/mol. The van der Waals surface area contributed by atoms with E-state index in [4.69, 9.17) is 0 Å². The zero-order chi connectivity index (χ0) is 16.2. The van der Waals surface area contributed by atoms with E-state index < -0.39 is 6.04 Å². The number of hydrogen-bond acceptors (Lipinski definition) is 4. The smallest absolute Gasteiger partial charge is 0.250 e. The van der Waals surface area contributed by atoms with E-state index in [1.54, 1.807) is 6.92 Å². The lowest BCUT2D eigenvalue weighted by atomic mass is 10.2. The SMILES string of the molecule is CC(C(=O)Nc1ccc(F)cc1)n1nnc(-c2ccccc2)n1. The average Bonchev–Trinajstić information content (AvgIpc) is 3.07. The fourth-order valence-corrected chi connectivity index (χ4v) is 1.98. The van der Waals surface area contributed by atoms with Gasteiger partial charge in [0.1, 0.15) is 11.9 Å². The van der Waals surface area contributed by atoms with Crippen LogP contribution in [0.4, 0.5) is 10.1 Å². The number of halogens is 1. The lowest BCUT2D eigenvalue weighted by Gasteiger charge is -2.10. The van der Waals surface area contributed by atoms with Gasteiger partial charge in [-0.05, 0) is 36.4 Å². The van der Waals surface area contributed by atoms with Crippen LogP contribution in [0.3, 0.4) is 0 Å². The molecule has 1 atom stereocenters. The number of benzene rings is 2. The normalized spacial score (nSPS) is 11.9. The van der Waals surface area contributed by atoms with Crippen LogP contribution in [0.1, 0.15) is 13.0 Å². The van der Waals surface area contributed by atoms with Gasteiger partial charge in [0.2, 0.25) is 5.82 Å². The maximum Gasteiger partial charge on any atom is 0.250 e. The highest BCUT2D eigenvalue weighted by Gasteiger charge is 2.18. The summed E-state index contributed by atoms with van der Waals surface area (Å²) in [4.78, 5) is 13.5. The van der Waals surface area contributed by atoms with E-state index in [-0.39, 0.29) is 11.7 Å². The number of carbonyl (C=O) groups excluding carboxylic acids is 1. The van der Waals surface area contributed by atoms with Crippen LogP contribution in [0.15, 0.2) is 54.6 Å². The lowest BCUT2D eigenvalue weighted by Crippen LogP contribution is -2.25. The summed E-state index contributed by atoms with van der Waals surface area (Å²) in [5, 5.41) is 14.8. The number of hydrogen-bond donors (Lipinski definition) is 1. The Kier molecular flexibility index (Phi) is 4.09. The Balaban J connectivity index is 1.72. The second-order valence-electron chi connectivity index (χ2n) is 4.97. The topological polar surface area (TPSA) is 72.7 Å². The first-order valence-corrected chi connectivity index (χ1v) is 7.05. The number of rotatable bonds is 4. The van der Waals surface area contributed by atoms with Crippen molar-refractivity contribution in [1.29, 1.82) is 0 Å². The maximum atomic E-state index is 12.9. The Hall–Kier alpha value is -3.09. The van der Waals surface area contributed by atoms with Crippen molar-refractivity contribution in [3.8, 4) is 11.4 Å². The molecular formula is C16H14FN5O. The van der Waals surface area contributed by atoms with Gasteiger partial charge in [0, 0.05) is 11.3 Å². The standard InChI is InChI=1S/C16H14FN5O/c1-11(16(23)18-14-9-7-13(17)8-10-14)22-20-15(19-21-22)12-5-3-2-4-6-12/h2-11H,1H3,(H,18,23). The fraction of sp³-hybridized carbons (Fsp3) is 0.125. The number of amides is 1. The monoisotopic (exact) mass is 311 g/mol. The first kappa shape index (κ1) is 14.8. The maximum absolute atomic E-state index is 12.9. The number of carbonyl (C=O) groups is 1. The third kappa shape index (κ3) is 3.39. The molecule has 0 aliphatic heterocycles. The Morgan fingerprint density at radius 3 is 2.52 bits per heavy atom. The molecule has 1 aromatic heterocycles. The molecule has 0 aliphatic rings. The van der Waals surface area contributed by atoms with E-state index in [0.29, 0.717) is 11.5 Å². The molecule has 0 aliphatic carbocycles. The molecule has 0 radical (unpaired) electrons. The minimum atomic E-state index is -0.648. The van der Waals surface area contributed by atoms with Crippen LogP contribution in [-0.2, 0) is 4.79 Å². The van der Waals surface area contributed by atoms with Gasteiger partial charge in [-0.25, -0.2) is 4.39 Å². The molecule has 116 valence electrons. The fourth-order valence-electron chi connectivity index (χ4n) is 1.98. The minimum Gasteiger partial charge on any atom is -0.324 e. The van der Waals surface area contributed by atoms with Crippen molar-refractivity contribution in [3.63, 3.8) is 0 Å².